The second-order valence-electron chi connectivity index (χ2n) is 7.92. The Morgan fingerprint density at radius 1 is 1.00 bits per heavy atom. The number of anilines is 1. The quantitative estimate of drug-likeness (QED) is 0.732. The van der Waals surface area contributed by atoms with Crippen molar-refractivity contribution in [1.82, 2.24) is 4.90 Å². The van der Waals surface area contributed by atoms with Crippen molar-refractivity contribution in [1.29, 1.82) is 0 Å². The summed E-state index contributed by atoms with van der Waals surface area (Å²) in [5.41, 5.74) is 2.37. The largest absolute Gasteiger partial charge is 0.444 e. The predicted octanol–water partition coefficient (Wildman–Crippen LogP) is 5.01. The van der Waals surface area contributed by atoms with Gasteiger partial charge in [-0.15, -0.1) is 0 Å². The zero-order valence-corrected chi connectivity index (χ0v) is 17.2. The van der Waals surface area contributed by atoms with Gasteiger partial charge in [0.25, 0.3) is 0 Å². The highest BCUT2D eigenvalue weighted by molar-refractivity contribution is 5.90. The highest BCUT2D eigenvalue weighted by atomic mass is 16.6. The van der Waals surface area contributed by atoms with Gasteiger partial charge in [-0.05, 0) is 56.9 Å². The van der Waals surface area contributed by atoms with E-state index < -0.39 is 5.60 Å². The van der Waals surface area contributed by atoms with Crippen molar-refractivity contribution in [3.8, 4) is 0 Å². The first-order valence-electron chi connectivity index (χ1n) is 9.60. The van der Waals surface area contributed by atoms with Crippen LogP contribution in [0.15, 0.2) is 54.6 Å². The number of amides is 2. The molecule has 2 amide bonds. The normalized spacial score (nSPS) is 11.0. The van der Waals surface area contributed by atoms with E-state index in [4.69, 9.17) is 4.74 Å². The molecule has 0 saturated carbocycles. The Hall–Kier alpha value is -2.82. The minimum absolute atomic E-state index is 0.00595. The van der Waals surface area contributed by atoms with Gasteiger partial charge in [0.05, 0.1) is 0 Å². The van der Waals surface area contributed by atoms with E-state index in [0.717, 1.165) is 24.1 Å². The molecule has 0 saturated heterocycles. The van der Waals surface area contributed by atoms with E-state index in [1.54, 1.807) is 7.05 Å². The molecule has 5 heteroatoms. The van der Waals surface area contributed by atoms with Gasteiger partial charge < -0.3 is 15.0 Å². The molecule has 2 rings (SSSR count). The number of nitrogens with one attached hydrogen (secondary N) is 1. The third-order valence-electron chi connectivity index (χ3n) is 4.05. The van der Waals surface area contributed by atoms with Crippen molar-refractivity contribution in [2.75, 3.05) is 12.4 Å². The van der Waals surface area contributed by atoms with Crippen molar-refractivity contribution >= 4 is 17.7 Å². The molecule has 5 nitrogen and oxygen atoms in total. The molecule has 0 bridgehead atoms. The molecule has 0 aliphatic carbocycles. The van der Waals surface area contributed by atoms with E-state index in [2.05, 4.69) is 17.4 Å². The fourth-order valence-corrected chi connectivity index (χ4v) is 2.75. The van der Waals surface area contributed by atoms with E-state index in [1.807, 2.05) is 63.2 Å². The molecule has 0 radical (unpaired) electrons. The average molecular weight is 383 g/mol. The molecule has 150 valence electrons. The first kappa shape index (κ1) is 21.5. The summed E-state index contributed by atoms with van der Waals surface area (Å²) < 4.78 is 5.36. The summed E-state index contributed by atoms with van der Waals surface area (Å²) in [7, 11) is 1.70. The lowest BCUT2D eigenvalue weighted by Gasteiger charge is -2.24. The standard InChI is InChI=1S/C23H30N2O3/c1-23(2,3)28-22(27)25(4)17-19-13-8-14-20(16-19)24-21(26)15-9-12-18-10-6-5-7-11-18/h5-8,10-11,13-14,16H,9,12,15,17H2,1-4H3,(H,24,26). The molecule has 0 aromatic heterocycles. The van der Waals surface area contributed by atoms with Crippen molar-refractivity contribution in [2.45, 2.75) is 52.2 Å². The molecule has 0 aliphatic rings. The fraction of sp³-hybridized carbons (Fsp3) is 0.391. The van der Waals surface area contributed by atoms with Crippen molar-refractivity contribution in [2.24, 2.45) is 0 Å². The molecular weight excluding hydrogens is 352 g/mol. The van der Waals surface area contributed by atoms with Crippen LogP contribution in [0.1, 0.15) is 44.7 Å². The highest BCUT2D eigenvalue weighted by Gasteiger charge is 2.19. The van der Waals surface area contributed by atoms with Gasteiger partial charge in [-0.3, -0.25) is 4.79 Å². The van der Waals surface area contributed by atoms with Crippen LogP contribution in [0, 0.1) is 0 Å². The number of benzene rings is 2. The summed E-state index contributed by atoms with van der Waals surface area (Å²) in [5.74, 6) is -0.00595. The van der Waals surface area contributed by atoms with Crippen molar-refractivity contribution in [3.05, 3.63) is 65.7 Å². The predicted molar refractivity (Wildman–Crippen MR) is 112 cm³/mol. The lowest BCUT2D eigenvalue weighted by Crippen LogP contribution is -2.33. The van der Waals surface area contributed by atoms with E-state index in [0.29, 0.717) is 13.0 Å². The third kappa shape index (κ3) is 7.82. The second-order valence-corrected chi connectivity index (χ2v) is 7.92. The molecule has 2 aromatic carbocycles. The van der Waals surface area contributed by atoms with E-state index >= 15 is 0 Å². The Morgan fingerprint density at radius 2 is 1.68 bits per heavy atom. The number of hydrogen-bond donors (Lipinski definition) is 1. The Kier molecular flexibility index (Phi) is 7.61. The summed E-state index contributed by atoms with van der Waals surface area (Å²) in [6, 6.07) is 17.7. The van der Waals surface area contributed by atoms with Gasteiger partial charge >= 0.3 is 6.09 Å². The van der Waals surface area contributed by atoms with Crippen LogP contribution in [-0.2, 0) is 22.5 Å². The van der Waals surface area contributed by atoms with Crippen LogP contribution >= 0.6 is 0 Å². The van der Waals surface area contributed by atoms with Crippen LogP contribution in [0.25, 0.3) is 0 Å². The first-order valence-corrected chi connectivity index (χ1v) is 9.60. The monoisotopic (exact) mass is 382 g/mol. The second kappa shape index (κ2) is 9.93. The van der Waals surface area contributed by atoms with Crippen molar-refractivity contribution < 1.29 is 14.3 Å². The number of ether oxygens (including phenoxy) is 1. The Balaban J connectivity index is 1.83. The summed E-state index contributed by atoms with van der Waals surface area (Å²) in [6.07, 6.45) is 1.78. The molecule has 0 aliphatic heterocycles. The van der Waals surface area contributed by atoms with Gasteiger partial charge in [-0.25, -0.2) is 4.79 Å². The van der Waals surface area contributed by atoms with Gasteiger partial charge in [0.1, 0.15) is 5.60 Å². The number of carbonyl (C=O) groups is 2. The summed E-state index contributed by atoms with van der Waals surface area (Å²) in [6.45, 7) is 5.93. The summed E-state index contributed by atoms with van der Waals surface area (Å²) >= 11 is 0. The lowest BCUT2D eigenvalue weighted by atomic mass is 10.1. The van der Waals surface area contributed by atoms with Gasteiger partial charge in [0.15, 0.2) is 0 Å². The topological polar surface area (TPSA) is 58.6 Å². The number of rotatable bonds is 7. The molecule has 0 spiro atoms. The summed E-state index contributed by atoms with van der Waals surface area (Å²) in [5, 5.41) is 2.94. The minimum atomic E-state index is -0.527. The highest BCUT2D eigenvalue weighted by Crippen LogP contribution is 2.15. The fourth-order valence-electron chi connectivity index (χ4n) is 2.75. The van der Waals surface area contributed by atoms with E-state index in [9.17, 15) is 9.59 Å². The molecule has 0 fully saturated rings. The maximum Gasteiger partial charge on any atom is 0.410 e. The Labute approximate surface area is 167 Å². The van der Waals surface area contributed by atoms with Crippen LogP contribution in [0.4, 0.5) is 10.5 Å². The van der Waals surface area contributed by atoms with Crippen molar-refractivity contribution in [3.63, 3.8) is 0 Å². The maximum atomic E-state index is 12.2. The first-order chi connectivity index (χ1) is 13.2. The van der Waals surface area contributed by atoms with Gasteiger partial charge in [-0.2, -0.15) is 0 Å². The third-order valence-corrected chi connectivity index (χ3v) is 4.05. The van der Waals surface area contributed by atoms with Crippen LogP contribution in [0.5, 0.6) is 0 Å². The SMILES string of the molecule is CN(Cc1cccc(NC(=O)CCCc2ccccc2)c1)C(=O)OC(C)(C)C. The zero-order valence-electron chi connectivity index (χ0n) is 17.2. The van der Waals surface area contributed by atoms with Gasteiger partial charge in [0, 0.05) is 25.7 Å². The number of carbonyl (C=O) groups excluding carboxylic acids is 2. The van der Waals surface area contributed by atoms with E-state index in [-0.39, 0.29) is 12.0 Å². The molecule has 2 aromatic rings. The van der Waals surface area contributed by atoms with Crippen LogP contribution < -0.4 is 5.32 Å². The van der Waals surface area contributed by atoms with Crippen LogP contribution in [-0.4, -0.2) is 29.5 Å². The molecule has 28 heavy (non-hydrogen) atoms. The molecule has 0 unspecified atom stereocenters. The van der Waals surface area contributed by atoms with Gasteiger partial charge in [0.2, 0.25) is 5.91 Å². The van der Waals surface area contributed by atoms with Crippen LogP contribution in [0.2, 0.25) is 0 Å². The molecular formula is C23H30N2O3. The molecule has 0 heterocycles. The summed E-state index contributed by atoms with van der Waals surface area (Å²) in [4.78, 5) is 25.8. The zero-order chi connectivity index (χ0) is 20.6. The minimum Gasteiger partial charge on any atom is -0.444 e. The smallest absolute Gasteiger partial charge is 0.410 e. The molecule has 0 atom stereocenters. The number of nitrogens with zero attached hydrogens (tertiary/aromatic N) is 1. The number of aryl methyl sites for hydroxylation is 1. The average Bonchev–Trinajstić information content (AvgIpc) is 2.61. The molecule has 1 N–H and O–H groups in total. The lowest BCUT2D eigenvalue weighted by molar-refractivity contribution is -0.116. The van der Waals surface area contributed by atoms with E-state index in [1.165, 1.54) is 10.5 Å². The van der Waals surface area contributed by atoms with Crippen LogP contribution in [0.3, 0.4) is 0 Å². The Bertz CT molecular complexity index is 782. The number of hydrogen-bond acceptors (Lipinski definition) is 3. The van der Waals surface area contributed by atoms with Gasteiger partial charge in [-0.1, -0.05) is 42.5 Å². The Morgan fingerprint density at radius 3 is 2.36 bits per heavy atom. The maximum absolute atomic E-state index is 12.2.